The van der Waals surface area contributed by atoms with Gasteiger partial charge in [0.15, 0.2) is 11.7 Å². The highest BCUT2D eigenvalue weighted by Gasteiger charge is 2.44. The Hall–Kier alpha value is -2.33. The van der Waals surface area contributed by atoms with Crippen molar-refractivity contribution in [1.82, 2.24) is 14.5 Å². The fourth-order valence-electron chi connectivity index (χ4n) is 3.37. The van der Waals surface area contributed by atoms with Crippen LogP contribution in [0.25, 0.3) is 11.2 Å². The molecule has 3 rings (SSSR count). The Morgan fingerprint density at radius 1 is 1.24 bits per heavy atom. The highest BCUT2D eigenvalue weighted by molar-refractivity contribution is 5.79. The molecule has 0 bridgehead atoms. The summed E-state index contributed by atoms with van der Waals surface area (Å²) in [4.78, 5) is 8.75. The second-order valence-electron chi connectivity index (χ2n) is 7.71. The van der Waals surface area contributed by atoms with Gasteiger partial charge in [-0.25, -0.2) is 9.55 Å². The van der Waals surface area contributed by atoms with Crippen LogP contribution in [-0.2, 0) is 11.3 Å². The maximum atomic E-state index is 10.3. The van der Waals surface area contributed by atoms with Gasteiger partial charge < -0.3 is 25.8 Å². The zero-order valence-corrected chi connectivity index (χ0v) is 17.1. The number of anilines is 1. The number of allylic oxidation sites excluding steroid dienone is 4. The predicted molar refractivity (Wildman–Crippen MR) is 108 cm³/mol. The number of hydrogen-bond donors (Lipinski definition) is 4. The molecule has 0 unspecified atom stereocenters. The molecule has 2 aromatic rings. The fraction of sp³-hybridized carbons (Fsp3) is 0.550. The maximum Gasteiger partial charge on any atom is 0.251 e. The average molecular weight is 404 g/mol. The predicted octanol–water partition coefficient (Wildman–Crippen LogP) is 0.605. The summed E-state index contributed by atoms with van der Waals surface area (Å²) in [6.45, 7) is 6.47. The largest absolute Gasteiger partial charge is 0.394 e. The zero-order chi connectivity index (χ0) is 21.1. The van der Waals surface area contributed by atoms with Crippen molar-refractivity contribution in [3.63, 3.8) is 0 Å². The summed E-state index contributed by atoms with van der Waals surface area (Å²) in [5, 5.41) is 29.5. The number of rotatable bonds is 7. The van der Waals surface area contributed by atoms with E-state index in [4.69, 9.17) is 10.5 Å². The SMILES string of the molecule is CC(C)=CCC/C(C)=C/C[n+]1cnc2c(ncn2[C@@H]2O[C@H](CO)[C@@H](O)[C@H]2O)c1N. The van der Waals surface area contributed by atoms with Crippen LogP contribution < -0.4 is 10.3 Å². The quantitative estimate of drug-likeness (QED) is 0.393. The summed E-state index contributed by atoms with van der Waals surface area (Å²) in [5.41, 5.74) is 9.80. The molecule has 2 aromatic heterocycles. The second kappa shape index (κ2) is 9.00. The molecule has 1 fully saturated rings. The highest BCUT2D eigenvalue weighted by Crippen LogP contribution is 2.31. The van der Waals surface area contributed by atoms with Crippen LogP contribution in [-0.4, -0.2) is 54.8 Å². The fourth-order valence-corrected chi connectivity index (χ4v) is 3.37. The number of fused-ring (bicyclic) bond motifs is 1. The number of aromatic nitrogens is 4. The van der Waals surface area contributed by atoms with E-state index in [9.17, 15) is 15.3 Å². The number of hydrogen-bond acceptors (Lipinski definition) is 7. The van der Waals surface area contributed by atoms with E-state index in [1.807, 2.05) is 0 Å². The van der Waals surface area contributed by atoms with Crippen molar-refractivity contribution in [3.8, 4) is 0 Å². The molecule has 9 heteroatoms. The summed E-state index contributed by atoms with van der Waals surface area (Å²) in [7, 11) is 0. The Kier molecular flexibility index (Phi) is 6.63. The third-order valence-corrected chi connectivity index (χ3v) is 5.16. The molecule has 5 N–H and O–H groups in total. The van der Waals surface area contributed by atoms with Crippen molar-refractivity contribution in [1.29, 1.82) is 0 Å². The van der Waals surface area contributed by atoms with Gasteiger partial charge in [0.25, 0.3) is 5.82 Å². The van der Waals surface area contributed by atoms with Crippen LogP contribution in [0.5, 0.6) is 0 Å². The van der Waals surface area contributed by atoms with E-state index in [2.05, 4.69) is 42.9 Å². The zero-order valence-electron chi connectivity index (χ0n) is 17.1. The molecule has 0 radical (unpaired) electrons. The topological polar surface area (TPSA) is 131 Å². The van der Waals surface area contributed by atoms with Gasteiger partial charge in [-0.05, 0) is 33.6 Å². The monoisotopic (exact) mass is 404 g/mol. The van der Waals surface area contributed by atoms with Crippen LogP contribution in [0.1, 0.15) is 39.8 Å². The van der Waals surface area contributed by atoms with Crippen molar-refractivity contribution < 1.29 is 24.6 Å². The van der Waals surface area contributed by atoms with E-state index in [1.165, 1.54) is 22.0 Å². The molecule has 1 aliphatic rings. The van der Waals surface area contributed by atoms with Gasteiger partial charge in [-0.3, -0.25) is 4.57 Å². The maximum absolute atomic E-state index is 10.3. The molecular weight excluding hydrogens is 374 g/mol. The van der Waals surface area contributed by atoms with Gasteiger partial charge in [0.2, 0.25) is 12.0 Å². The number of aliphatic hydroxyl groups is 3. The summed E-state index contributed by atoms with van der Waals surface area (Å²) < 4.78 is 8.90. The Morgan fingerprint density at radius 3 is 2.66 bits per heavy atom. The van der Waals surface area contributed by atoms with Crippen LogP contribution in [0.15, 0.2) is 36.0 Å². The molecule has 3 heterocycles. The molecule has 0 spiro atoms. The third-order valence-electron chi connectivity index (χ3n) is 5.16. The summed E-state index contributed by atoms with van der Waals surface area (Å²) in [5.74, 6) is 0.453. The smallest absolute Gasteiger partial charge is 0.251 e. The summed E-state index contributed by atoms with van der Waals surface area (Å²) in [6.07, 6.45) is 5.28. The van der Waals surface area contributed by atoms with Crippen LogP contribution >= 0.6 is 0 Å². The molecule has 1 saturated heterocycles. The first kappa shape index (κ1) is 21.4. The van der Waals surface area contributed by atoms with Gasteiger partial charge >= 0.3 is 0 Å². The van der Waals surface area contributed by atoms with Crippen molar-refractivity contribution in [2.24, 2.45) is 0 Å². The van der Waals surface area contributed by atoms with Crippen molar-refractivity contribution in [2.45, 2.75) is 64.7 Å². The van der Waals surface area contributed by atoms with E-state index >= 15 is 0 Å². The van der Waals surface area contributed by atoms with Gasteiger partial charge in [0.05, 0.1) is 13.2 Å². The first-order chi connectivity index (χ1) is 13.8. The number of ether oxygens (including phenoxy) is 1. The Bertz CT molecular complexity index is 919. The lowest BCUT2D eigenvalue weighted by Crippen LogP contribution is -2.37. The van der Waals surface area contributed by atoms with Gasteiger partial charge in [-0.1, -0.05) is 28.3 Å². The van der Waals surface area contributed by atoms with Gasteiger partial charge in [0.1, 0.15) is 24.6 Å². The molecule has 29 heavy (non-hydrogen) atoms. The lowest BCUT2D eigenvalue weighted by Gasteiger charge is -2.15. The lowest BCUT2D eigenvalue weighted by molar-refractivity contribution is -0.674. The minimum absolute atomic E-state index is 0.393. The molecule has 9 nitrogen and oxygen atoms in total. The van der Waals surface area contributed by atoms with Crippen molar-refractivity contribution >= 4 is 17.0 Å². The van der Waals surface area contributed by atoms with E-state index in [0.29, 0.717) is 23.5 Å². The van der Waals surface area contributed by atoms with E-state index in [1.54, 1.807) is 10.9 Å². The van der Waals surface area contributed by atoms with E-state index in [0.717, 1.165) is 12.8 Å². The van der Waals surface area contributed by atoms with E-state index < -0.39 is 31.1 Å². The minimum Gasteiger partial charge on any atom is -0.394 e. The van der Waals surface area contributed by atoms with Gasteiger partial charge in [0, 0.05) is 0 Å². The molecule has 0 aromatic carbocycles. The summed E-state index contributed by atoms with van der Waals surface area (Å²) >= 11 is 0. The molecule has 0 amide bonds. The van der Waals surface area contributed by atoms with Crippen LogP contribution in [0.4, 0.5) is 5.82 Å². The van der Waals surface area contributed by atoms with Crippen LogP contribution in [0, 0.1) is 0 Å². The number of imidazole rings is 1. The van der Waals surface area contributed by atoms with Gasteiger partial charge in [-0.15, -0.1) is 0 Å². The first-order valence-electron chi connectivity index (χ1n) is 9.75. The summed E-state index contributed by atoms with van der Waals surface area (Å²) in [6, 6.07) is 0. The third kappa shape index (κ3) is 4.48. The molecule has 4 atom stereocenters. The standard InChI is InChI=1S/C20H29N5O4/c1-12(2)5-4-6-13(3)7-8-24-10-23-19-15(18(24)21)22-11-25(19)20-17(28)16(27)14(9-26)29-20/h5,7,10-11,14,16-17,20-21,26-28H,4,6,8-9H2,1-3H3/p+1/b13-7+/t14-,16-,17-,20-/m1/s1. The van der Waals surface area contributed by atoms with Crippen molar-refractivity contribution in [3.05, 3.63) is 36.0 Å². The second-order valence-corrected chi connectivity index (χ2v) is 7.71. The van der Waals surface area contributed by atoms with Gasteiger partial charge in [-0.2, -0.15) is 0 Å². The molecular formula is C20H30N5O4+. The van der Waals surface area contributed by atoms with Crippen LogP contribution in [0.2, 0.25) is 0 Å². The number of nitrogens with two attached hydrogens (primary N) is 1. The molecule has 158 valence electrons. The first-order valence-corrected chi connectivity index (χ1v) is 9.75. The molecule has 0 saturated carbocycles. The highest BCUT2D eigenvalue weighted by atomic mass is 16.6. The van der Waals surface area contributed by atoms with E-state index in [-0.39, 0.29) is 0 Å². The Labute approximate surface area is 169 Å². The Balaban J connectivity index is 1.79. The molecule has 1 aliphatic heterocycles. The van der Waals surface area contributed by atoms with Crippen LogP contribution in [0.3, 0.4) is 0 Å². The number of nitrogens with zero attached hydrogens (tertiary/aromatic N) is 4. The molecule has 0 aliphatic carbocycles. The Morgan fingerprint density at radius 2 is 2.00 bits per heavy atom. The normalized spacial score (nSPS) is 25.0. The van der Waals surface area contributed by atoms with Crippen molar-refractivity contribution in [2.75, 3.05) is 12.3 Å². The average Bonchev–Trinajstić information content (AvgIpc) is 3.23. The lowest BCUT2D eigenvalue weighted by atomic mass is 10.1. The minimum atomic E-state index is -1.20. The number of aliphatic hydroxyl groups excluding tert-OH is 3. The number of nitrogen functional groups attached to an aromatic ring is 1.